The lowest BCUT2D eigenvalue weighted by atomic mass is 10.3. The third-order valence-electron chi connectivity index (χ3n) is 3.81. The summed E-state index contributed by atoms with van der Waals surface area (Å²) in [6, 6.07) is 12.4. The molecule has 3 aromatic heterocycles. The Morgan fingerprint density at radius 3 is 2.86 bits per heavy atom. The smallest absolute Gasteiger partial charge is 0.221 e. The number of halogens is 2. The van der Waals surface area contributed by atoms with E-state index >= 15 is 0 Å². The number of rotatable bonds is 7. The van der Waals surface area contributed by atoms with Gasteiger partial charge in [0.25, 0.3) is 0 Å². The Kier molecular flexibility index (Phi) is 5.94. The van der Waals surface area contributed by atoms with Gasteiger partial charge in [0.2, 0.25) is 11.0 Å². The molecule has 29 heavy (non-hydrogen) atoms. The molecule has 0 bridgehead atoms. The maximum absolute atomic E-state index is 6.12. The number of thioether (sulfide) groups is 1. The molecule has 0 spiro atoms. The van der Waals surface area contributed by atoms with Gasteiger partial charge in [0.15, 0.2) is 5.76 Å². The van der Waals surface area contributed by atoms with E-state index < -0.39 is 0 Å². The fourth-order valence-corrected chi connectivity index (χ4v) is 3.23. The molecule has 3 heterocycles. The van der Waals surface area contributed by atoms with Crippen molar-refractivity contribution in [1.29, 1.82) is 0 Å². The van der Waals surface area contributed by atoms with E-state index in [0.29, 0.717) is 44.1 Å². The Labute approximate surface area is 180 Å². The zero-order valence-corrected chi connectivity index (χ0v) is 17.4. The standard InChI is InChI=1S/C19H14Cl2N4O3S/c1-29-19-24-23-18(16-6-3-9-26-16)25(19)22-10-12-7-8-13(28-12)11-27-15-5-2-4-14(20)17(15)21/h2-10H,11H2,1H3/b22-10-. The average molecular weight is 449 g/mol. The van der Waals surface area contributed by atoms with Crippen molar-refractivity contribution in [2.75, 3.05) is 6.26 Å². The molecule has 7 nitrogen and oxygen atoms in total. The van der Waals surface area contributed by atoms with Gasteiger partial charge in [0.05, 0.1) is 17.5 Å². The second kappa shape index (κ2) is 8.77. The predicted molar refractivity (Wildman–Crippen MR) is 112 cm³/mol. The molecule has 0 aliphatic heterocycles. The van der Waals surface area contributed by atoms with E-state index in [2.05, 4.69) is 15.3 Å². The first-order valence-electron chi connectivity index (χ1n) is 8.39. The topological polar surface area (TPSA) is 78.6 Å². The molecule has 0 aliphatic carbocycles. The van der Waals surface area contributed by atoms with Crippen LogP contribution < -0.4 is 4.74 Å². The molecule has 1 aromatic carbocycles. The Morgan fingerprint density at radius 2 is 2.07 bits per heavy atom. The van der Waals surface area contributed by atoms with Gasteiger partial charge in [0, 0.05) is 0 Å². The van der Waals surface area contributed by atoms with Crippen LogP contribution in [-0.4, -0.2) is 27.3 Å². The molecular weight excluding hydrogens is 435 g/mol. The van der Waals surface area contributed by atoms with Crippen LogP contribution in [0.2, 0.25) is 10.0 Å². The molecule has 0 atom stereocenters. The first-order chi connectivity index (χ1) is 14.2. The highest BCUT2D eigenvalue weighted by molar-refractivity contribution is 7.98. The van der Waals surface area contributed by atoms with Crippen molar-refractivity contribution in [1.82, 2.24) is 14.9 Å². The highest BCUT2D eigenvalue weighted by Crippen LogP contribution is 2.32. The Hall–Kier alpha value is -2.68. The molecule has 4 rings (SSSR count). The van der Waals surface area contributed by atoms with Crippen LogP contribution in [0.4, 0.5) is 0 Å². The van der Waals surface area contributed by atoms with Crippen molar-refractivity contribution < 1.29 is 13.6 Å². The van der Waals surface area contributed by atoms with Gasteiger partial charge >= 0.3 is 0 Å². The zero-order chi connectivity index (χ0) is 20.2. The Balaban J connectivity index is 1.49. The SMILES string of the molecule is CSc1nnc(-c2ccco2)n1/N=C\c1ccc(COc2cccc(Cl)c2Cl)o1. The van der Waals surface area contributed by atoms with Gasteiger partial charge in [0.1, 0.15) is 28.9 Å². The molecule has 10 heteroatoms. The molecule has 0 saturated carbocycles. The van der Waals surface area contributed by atoms with E-state index in [0.717, 1.165) is 0 Å². The van der Waals surface area contributed by atoms with Crippen molar-refractivity contribution in [3.05, 3.63) is 70.3 Å². The number of ether oxygens (including phenoxy) is 1. The zero-order valence-electron chi connectivity index (χ0n) is 15.1. The summed E-state index contributed by atoms with van der Waals surface area (Å²) in [5, 5.41) is 14.1. The summed E-state index contributed by atoms with van der Waals surface area (Å²) in [5.74, 6) is 2.72. The van der Waals surface area contributed by atoms with Gasteiger partial charge < -0.3 is 13.6 Å². The highest BCUT2D eigenvalue weighted by atomic mass is 35.5. The first-order valence-corrected chi connectivity index (χ1v) is 10.4. The third kappa shape index (κ3) is 4.34. The summed E-state index contributed by atoms with van der Waals surface area (Å²) in [4.78, 5) is 0. The fraction of sp³-hybridized carbons (Fsp3) is 0.105. The van der Waals surface area contributed by atoms with Gasteiger partial charge in [-0.3, -0.25) is 0 Å². The number of benzene rings is 1. The maximum atomic E-state index is 6.12. The summed E-state index contributed by atoms with van der Waals surface area (Å²) >= 11 is 13.5. The lowest BCUT2D eigenvalue weighted by molar-refractivity contribution is 0.270. The molecule has 0 N–H and O–H groups in total. The van der Waals surface area contributed by atoms with Crippen LogP contribution in [-0.2, 0) is 6.61 Å². The van der Waals surface area contributed by atoms with Crippen molar-refractivity contribution in [3.8, 4) is 17.3 Å². The van der Waals surface area contributed by atoms with E-state index in [1.165, 1.54) is 11.8 Å². The van der Waals surface area contributed by atoms with Gasteiger partial charge in [-0.05, 0) is 42.7 Å². The van der Waals surface area contributed by atoms with Crippen LogP contribution in [0, 0.1) is 0 Å². The predicted octanol–water partition coefficient (Wildman–Crippen LogP) is 5.62. The number of furan rings is 2. The third-order valence-corrected chi connectivity index (χ3v) is 5.23. The largest absolute Gasteiger partial charge is 0.484 e. The van der Waals surface area contributed by atoms with Gasteiger partial charge in [-0.25, -0.2) is 0 Å². The lowest BCUT2D eigenvalue weighted by Crippen LogP contribution is -1.96. The van der Waals surface area contributed by atoms with Crippen molar-refractivity contribution in [2.45, 2.75) is 11.8 Å². The van der Waals surface area contributed by atoms with Crippen LogP contribution in [0.25, 0.3) is 11.6 Å². The van der Waals surface area contributed by atoms with Crippen molar-refractivity contribution in [2.24, 2.45) is 5.10 Å². The second-order valence-electron chi connectivity index (χ2n) is 5.69. The summed E-state index contributed by atoms with van der Waals surface area (Å²) in [6.07, 6.45) is 5.04. The van der Waals surface area contributed by atoms with Crippen LogP contribution in [0.5, 0.6) is 5.75 Å². The maximum Gasteiger partial charge on any atom is 0.221 e. The minimum absolute atomic E-state index is 0.203. The molecule has 4 aromatic rings. The Bertz CT molecular complexity index is 1140. The number of hydrogen-bond acceptors (Lipinski definition) is 7. The number of hydrogen-bond donors (Lipinski definition) is 0. The summed E-state index contributed by atoms with van der Waals surface area (Å²) in [6.45, 7) is 0.203. The van der Waals surface area contributed by atoms with Crippen molar-refractivity contribution >= 4 is 41.2 Å². The van der Waals surface area contributed by atoms with E-state index in [1.54, 1.807) is 59.6 Å². The van der Waals surface area contributed by atoms with Crippen LogP contribution in [0.1, 0.15) is 11.5 Å². The van der Waals surface area contributed by atoms with E-state index in [-0.39, 0.29) is 6.61 Å². The van der Waals surface area contributed by atoms with Crippen LogP contribution in [0.15, 0.2) is 67.8 Å². The molecule has 0 aliphatic rings. The normalized spacial score (nSPS) is 11.4. The van der Waals surface area contributed by atoms with Gasteiger partial charge in [-0.2, -0.15) is 9.78 Å². The molecular formula is C19H14Cl2N4O3S. The summed E-state index contributed by atoms with van der Waals surface area (Å²) in [7, 11) is 0. The molecule has 148 valence electrons. The second-order valence-corrected chi connectivity index (χ2v) is 7.25. The minimum atomic E-state index is 0.203. The molecule has 0 amide bonds. The first kappa shape index (κ1) is 19.6. The van der Waals surface area contributed by atoms with Gasteiger partial charge in [-0.15, -0.1) is 10.2 Å². The van der Waals surface area contributed by atoms with Crippen molar-refractivity contribution in [3.63, 3.8) is 0 Å². The van der Waals surface area contributed by atoms with Gasteiger partial charge in [-0.1, -0.05) is 41.0 Å². The summed E-state index contributed by atoms with van der Waals surface area (Å²) in [5.41, 5.74) is 0. The monoisotopic (exact) mass is 448 g/mol. The quantitative estimate of drug-likeness (QED) is 0.269. The minimum Gasteiger partial charge on any atom is -0.484 e. The molecule has 0 unspecified atom stereocenters. The lowest BCUT2D eigenvalue weighted by Gasteiger charge is -2.06. The fourth-order valence-electron chi connectivity index (χ4n) is 2.46. The molecule has 0 fully saturated rings. The molecule has 0 saturated heterocycles. The van der Waals surface area contributed by atoms with E-state index in [1.807, 2.05) is 6.26 Å². The van der Waals surface area contributed by atoms with E-state index in [9.17, 15) is 0 Å². The highest BCUT2D eigenvalue weighted by Gasteiger charge is 2.15. The van der Waals surface area contributed by atoms with E-state index in [4.69, 9.17) is 36.8 Å². The average Bonchev–Trinajstić information content (AvgIpc) is 3.47. The molecule has 0 radical (unpaired) electrons. The van der Waals surface area contributed by atoms with Crippen LogP contribution >= 0.6 is 35.0 Å². The Morgan fingerprint density at radius 1 is 1.17 bits per heavy atom. The number of nitrogens with zero attached hydrogens (tertiary/aromatic N) is 4. The van der Waals surface area contributed by atoms with Crippen LogP contribution in [0.3, 0.4) is 0 Å². The number of aromatic nitrogens is 3. The summed E-state index contributed by atoms with van der Waals surface area (Å²) < 4.78 is 18.4.